The molecule has 0 atom stereocenters. The largest absolute Gasteiger partial charge is 0.462 e. The third-order valence-electron chi connectivity index (χ3n) is 3.26. The molecule has 0 bridgehead atoms. The van der Waals surface area contributed by atoms with E-state index in [4.69, 9.17) is 9.47 Å². The maximum atomic E-state index is 12.1. The summed E-state index contributed by atoms with van der Waals surface area (Å²) in [5.74, 6) is -0.938. The molecule has 1 aromatic rings. The van der Waals surface area contributed by atoms with E-state index in [9.17, 15) is 14.4 Å². The Hall–Kier alpha value is -2.41. The molecule has 0 radical (unpaired) electrons. The first-order valence-electron chi connectivity index (χ1n) is 7.81. The molecule has 0 spiro atoms. The standard InChI is InChI=1S/C17H24N2O5/c1-4-24-17(22)14-7-5-6-8-15(14)19(13(2)20)11-9-16(21)18-10-12-23-3/h5-8H,4,9-12H2,1-3H3,(H,18,21). The molecule has 2 amide bonds. The third-order valence-corrected chi connectivity index (χ3v) is 3.26. The zero-order chi connectivity index (χ0) is 17.9. The van der Waals surface area contributed by atoms with Gasteiger partial charge in [-0.3, -0.25) is 9.59 Å². The maximum absolute atomic E-state index is 12.1. The molecule has 1 aromatic carbocycles. The van der Waals surface area contributed by atoms with E-state index in [1.807, 2.05) is 0 Å². The van der Waals surface area contributed by atoms with Gasteiger partial charge in [-0.2, -0.15) is 0 Å². The van der Waals surface area contributed by atoms with E-state index in [-0.39, 0.29) is 31.4 Å². The SMILES string of the molecule is CCOC(=O)c1ccccc1N(CCC(=O)NCCOC)C(C)=O. The number of hydrogen-bond donors (Lipinski definition) is 1. The van der Waals surface area contributed by atoms with Gasteiger partial charge in [0.1, 0.15) is 0 Å². The molecule has 1 N–H and O–H groups in total. The summed E-state index contributed by atoms with van der Waals surface area (Å²) < 4.78 is 9.88. The van der Waals surface area contributed by atoms with Gasteiger partial charge in [0.05, 0.1) is 24.5 Å². The number of anilines is 1. The van der Waals surface area contributed by atoms with Crippen LogP contribution in [0.15, 0.2) is 24.3 Å². The van der Waals surface area contributed by atoms with Gasteiger partial charge in [0.15, 0.2) is 0 Å². The van der Waals surface area contributed by atoms with Crippen molar-refractivity contribution in [2.24, 2.45) is 0 Å². The van der Waals surface area contributed by atoms with Gasteiger partial charge in [0.2, 0.25) is 11.8 Å². The lowest BCUT2D eigenvalue weighted by Gasteiger charge is -2.23. The van der Waals surface area contributed by atoms with Crippen molar-refractivity contribution in [1.29, 1.82) is 0 Å². The highest BCUT2D eigenvalue weighted by Crippen LogP contribution is 2.22. The van der Waals surface area contributed by atoms with Crippen molar-refractivity contribution in [2.45, 2.75) is 20.3 Å². The van der Waals surface area contributed by atoms with E-state index >= 15 is 0 Å². The van der Waals surface area contributed by atoms with Crippen LogP contribution >= 0.6 is 0 Å². The normalized spacial score (nSPS) is 10.1. The molecule has 0 fully saturated rings. The fourth-order valence-electron chi connectivity index (χ4n) is 2.13. The molecule has 0 aromatic heterocycles. The first-order valence-corrected chi connectivity index (χ1v) is 7.81. The summed E-state index contributed by atoms with van der Waals surface area (Å²) in [7, 11) is 1.55. The van der Waals surface area contributed by atoms with Crippen LogP contribution in [0.3, 0.4) is 0 Å². The summed E-state index contributed by atoms with van der Waals surface area (Å²) in [6.45, 7) is 4.36. The molecule has 0 unspecified atom stereocenters. The summed E-state index contributed by atoms with van der Waals surface area (Å²) in [4.78, 5) is 37.2. The average molecular weight is 336 g/mol. The predicted octanol–water partition coefficient (Wildman–Crippen LogP) is 1.37. The van der Waals surface area contributed by atoms with Gasteiger partial charge < -0.3 is 19.7 Å². The molecular formula is C17H24N2O5. The van der Waals surface area contributed by atoms with Crippen molar-refractivity contribution >= 4 is 23.5 Å². The summed E-state index contributed by atoms with van der Waals surface area (Å²) in [5.41, 5.74) is 0.738. The number of rotatable bonds is 9. The van der Waals surface area contributed by atoms with Crippen molar-refractivity contribution in [3.05, 3.63) is 29.8 Å². The Kier molecular flexibility index (Phi) is 8.49. The van der Waals surface area contributed by atoms with Crippen LogP contribution in [0.1, 0.15) is 30.6 Å². The number of esters is 1. The number of methoxy groups -OCH3 is 1. The van der Waals surface area contributed by atoms with Crippen LogP contribution in [0.4, 0.5) is 5.69 Å². The second-order valence-corrected chi connectivity index (χ2v) is 5.00. The van der Waals surface area contributed by atoms with Crippen molar-refractivity contribution < 1.29 is 23.9 Å². The Labute approximate surface area is 141 Å². The quantitative estimate of drug-likeness (QED) is 0.544. The van der Waals surface area contributed by atoms with E-state index in [0.29, 0.717) is 24.4 Å². The number of para-hydroxylation sites is 1. The average Bonchev–Trinajstić information content (AvgIpc) is 2.55. The molecule has 0 heterocycles. The highest BCUT2D eigenvalue weighted by molar-refractivity contribution is 6.02. The Balaban J connectivity index is 2.84. The van der Waals surface area contributed by atoms with Crippen LogP contribution in [0, 0.1) is 0 Å². The number of carbonyl (C=O) groups excluding carboxylic acids is 3. The van der Waals surface area contributed by atoms with Gasteiger partial charge in [0.25, 0.3) is 0 Å². The fraction of sp³-hybridized carbons (Fsp3) is 0.471. The zero-order valence-corrected chi connectivity index (χ0v) is 14.3. The van der Waals surface area contributed by atoms with Crippen LogP contribution < -0.4 is 10.2 Å². The minimum atomic E-state index is -0.496. The minimum Gasteiger partial charge on any atom is -0.462 e. The first kappa shape index (κ1) is 19.6. The van der Waals surface area contributed by atoms with E-state index in [2.05, 4.69) is 5.32 Å². The number of hydrogen-bond acceptors (Lipinski definition) is 5. The molecule has 0 saturated carbocycles. The predicted molar refractivity (Wildman–Crippen MR) is 89.9 cm³/mol. The number of ether oxygens (including phenoxy) is 2. The molecule has 0 aliphatic rings. The van der Waals surface area contributed by atoms with Gasteiger partial charge in [-0.25, -0.2) is 4.79 Å². The van der Waals surface area contributed by atoms with Gasteiger partial charge in [-0.1, -0.05) is 12.1 Å². The molecule has 0 aliphatic carbocycles. The van der Waals surface area contributed by atoms with Crippen molar-refractivity contribution in [3.63, 3.8) is 0 Å². The molecule has 1 rings (SSSR count). The van der Waals surface area contributed by atoms with Gasteiger partial charge >= 0.3 is 5.97 Å². The van der Waals surface area contributed by atoms with Crippen LogP contribution in [-0.2, 0) is 19.1 Å². The highest BCUT2D eigenvalue weighted by atomic mass is 16.5. The smallest absolute Gasteiger partial charge is 0.340 e. The number of benzene rings is 1. The lowest BCUT2D eigenvalue weighted by atomic mass is 10.1. The van der Waals surface area contributed by atoms with Gasteiger partial charge in [-0.15, -0.1) is 0 Å². The molecule has 0 saturated heterocycles. The second kappa shape index (κ2) is 10.4. The topological polar surface area (TPSA) is 84.9 Å². The molecule has 7 heteroatoms. The van der Waals surface area contributed by atoms with E-state index in [1.165, 1.54) is 11.8 Å². The lowest BCUT2D eigenvalue weighted by molar-refractivity contribution is -0.121. The second-order valence-electron chi connectivity index (χ2n) is 5.00. The third kappa shape index (κ3) is 6.00. The lowest BCUT2D eigenvalue weighted by Crippen LogP contribution is -2.35. The Morgan fingerprint density at radius 1 is 1.21 bits per heavy atom. The Morgan fingerprint density at radius 2 is 1.92 bits per heavy atom. The van der Waals surface area contributed by atoms with Crippen molar-refractivity contribution in [1.82, 2.24) is 5.32 Å². The summed E-state index contributed by atoms with van der Waals surface area (Å²) in [6, 6.07) is 6.69. The van der Waals surface area contributed by atoms with Crippen molar-refractivity contribution in [3.8, 4) is 0 Å². The first-order chi connectivity index (χ1) is 11.5. The van der Waals surface area contributed by atoms with Crippen LogP contribution in [0.25, 0.3) is 0 Å². The number of carbonyl (C=O) groups is 3. The molecule has 132 valence electrons. The summed E-state index contributed by atoms with van der Waals surface area (Å²) in [5, 5.41) is 2.69. The molecule has 7 nitrogen and oxygen atoms in total. The number of nitrogens with one attached hydrogen (secondary N) is 1. The van der Waals surface area contributed by atoms with Crippen LogP contribution in [0.5, 0.6) is 0 Å². The molecule has 24 heavy (non-hydrogen) atoms. The number of amides is 2. The maximum Gasteiger partial charge on any atom is 0.340 e. The Morgan fingerprint density at radius 3 is 2.54 bits per heavy atom. The van der Waals surface area contributed by atoms with Gasteiger partial charge in [0, 0.05) is 33.5 Å². The van der Waals surface area contributed by atoms with Gasteiger partial charge in [-0.05, 0) is 19.1 Å². The zero-order valence-electron chi connectivity index (χ0n) is 14.3. The fourth-order valence-corrected chi connectivity index (χ4v) is 2.13. The van der Waals surface area contributed by atoms with E-state index < -0.39 is 5.97 Å². The Bertz CT molecular complexity index is 574. The highest BCUT2D eigenvalue weighted by Gasteiger charge is 2.20. The molecule has 0 aliphatic heterocycles. The minimum absolute atomic E-state index is 0.125. The van der Waals surface area contributed by atoms with Crippen molar-refractivity contribution in [2.75, 3.05) is 38.3 Å². The summed E-state index contributed by atoms with van der Waals surface area (Å²) >= 11 is 0. The van der Waals surface area contributed by atoms with Crippen LogP contribution in [0.2, 0.25) is 0 Å². The number of nitrogens with zero attached hydrogens (tertiary/aromatic N) is 1. The monoisotopic (exact) mass is 336 g/mol. The van der Waals surface area contributed by atoms with Crippen LogP contribution in [-0.4, -0.2) is 51.2 Å². The van der Waals surface area contributed by atoms with E-state index in [0.717, 1.165) is 0 Å². The molecular weight excluding hydrogens is 312 g/mol. The van der Waals surface area contributed by atoms with E-state index in [1.54, 1.807) is 38.3 Å². The summed E-state index contributed by atoms with van der Waals surface area (Å²) in [6.07, 6.45) is 0.125.